The van der Waals surface area contributed by atoms with E-state index >= 15 is 0 Å². The van der Waals surface area contributed by atoms with Gasteiger partial charge in [0.25, 0.3) is 11.6 Å². The predicted octanol–water partition coefficient (Wildman–Crippen LogP) is 3.08. The molecule has 1 aliphatic carbocycles. The third-order valence-electron chi connectivity index (χ3n) is 5.77. The van der Waals surface area contributed by atoms with Gasteiger partial charge in [-0.3, -0.25) is 19.7 Å². The molecule has 170 valence electrons. The second-order valence-electron chi connectivity index (χ2n) is 8.98. The van der Waals surface area contributed by atoms with E-state index in [1.165, 1.54) is 22.9 Å². The van der Waals surface area contributed by atoms with Crippen LogP contribution in [-0.2, 0) is 15.9 Å². The Hall–Kier alpha value is -3.11. The van der Waals surface area contributed by atoms with E-state index in [-0.39, 0.29) is 41.2 Å². The van der Waals surface area contributed by atoms with E-state index in [9.17, 15) is 19.7 Å². The van der Waals surface area contributed by atoms with Gasteiger partial charge in [-0.05, 0) is 37.3 Å². The van der Waals surface area contributed by atoms with Gasteiger partial charge in [0.15, 0.2) is 12.1 Å². The Labute approximate surface area is 185 Å². The molecule has 10 heteroatoms. The summed E-state index contributed by atoms with van der Waals surface area (Å²) in [5.41, 5.74) is 1.55. The fraction of sp³-hybridized carbons (Fsp3) is 0.500. The Balaban J connectivity index is 1.62. The fourth-order valence-electron chi connectivity index (χ4n) is 4.31. The SMILES string of the molecule is Cc1nn(-c2ccc(C(=O)NCOC3CCCO3)cc2[N+](=O)[O-])c2c1C(=O)CC(C)(C)C2. The third kappa shape index (κ3) is 4.28. The number of amides is 1. The minimum absolute atomic E-state index is 0.00936. The summed E-state index contributed by atoms with van der Waals surface area (Å²) in [6, 6.07) is 4.21. The van der Waals surface area contributed by atoms with Gasteiger partial charge in [-0.25, -0.2) is 4.68 Å². The van der Waals surface area contributed by atoms with Crippen molar-refractivity contribution in [2.45, 2.75) is 52.7 Å². The zero-order chi connectivity index (χ0) is 23.0. The van der Waals surface area contributed by atoms with Crippen molar-refractivity contribution in [1.29, 1.82) is 0 Å². The highest BCUT2D eigenvalue weighted by Gasteiger charge is 2.36. The van der Waals surface area contributed by atoms with E-state index in [2.05, 4.69) is 10.4 Å². The molecule has 0 radical (unpaired) electrons. The lowest BCUT2D eigenvalue weighted by atomic mass is 9.75. The van der Waals surface area contributed by atoms with E-state index in [4.69, 9.17) is 9.47 Å². The van der Waals surface area contributed by atoms with E-state index in [0.29, 0.717) is 36.4 Å². The summed E-state index contributed by atoms with van der Waals surface area (Å²) >= 11 is 0. The third-order valence-corrected chi connectivity index (χ3v) is 5.77. The largest absolute Gasteiger partial charge is 0.353 e. The molecule has 0 saturated carbocycles. The number of fused-ring (bicyclic) bond motifs is 1. The Kier molecular flexibility index (Phi) is 5.83. The van der Waals surface area contributed by atoms with Gasteiger partial charge in [0.05, 0.1) is 21.9 Å². The first-order valence-electron chi connectivity index (χ1n) is 10.6. The summed E-state index contributed by atoms with van der Waals surface area (Å²) in [7, 11) is 0. The van der Waals surface area contributed by atoms with Gasteiger partial charge in [0.1, 0.15) is 12.4 Å². The van der Waals surface area contributed by atoms with Crippen molar-refractivity contribution in [3.63, 3.8) is 0 Å². The lowest BCUT2D eigenvalue weighted by Crippen LogP contribution is -2.29. The number of ether oxygens (including phenoxy) is 2. The molecular formula is C22H26N4O6. The lowest BCUT2D eigenvalue weighted by molar-refractivity contribution is -0.384. The number of carbonyl (C=O) groups excluding carboxylic acids is 2. The number of benzene rings is 1. The second kappa shape index (κ2) is 8.44. The highest BCUT2D eigenvalue weighted by Crippen LogP contribution is 2.38. The molecule has 0 bridgehead atoms. The predicted molar refractivity (Wildman–Crippen MR) is 114 cm³/mol. The van der Waals surface area contributed by atoms with Gasteiger partial charge < -0.3 is 14.8 Å². The quantitative estimate of drug-likeness (QED) is 0.414. The maximum absolute atomic E-state index is 12.7. The highest BCUT2D eigenvalue weighted by molar-refractivity contribution is 6.00. The Morgan fingerprint density at radius 3 is 2.88 bits per heavy atom. The number of aryl methyl sites for hydroxylation is 1. The number of nitrogens with zero attached hydrogens (tertiary/aromatic N) is 3. The first-order valence-corrected chi connectivity index (χ1v) is 10.6. The van der Waals surface area contributed by atoms with Crippen molar-refractivity contribution in [2.24, 2.45) is 5.41 Å². The summed E-state index contributed by atoms with van der Waals surface area (Å²) in [5.74, 6) is -0.502. The highest BCUT2D eigenvalue weighted by atomic mass is 16.7. The molecule has 10 nitrogen and oxygen atoms in total. The number of hydrogen-bond donors (Lipinski definition) is 1. The molecule has 1 fully saturated rings. The molecule has 1 aliphatic heterocycles. The molecule has 1 aromatic carbocycles. The van der Waals surface area contributed by atoms with Gasteiger partial charge in [-0.1, -0.05) is 13.8 Å². The van der Waals surface area contributed by atoms with Crippen LogP contribution in [0, 0.1) is 22.5 Å². The summed E-state index contributed by atoms with van der Waals surface area (Å²) < 4.78 is 12.2. The number of ketones is 1. The lowest BCUT2D eigenvalue weighted by Gasteiger charge is -2.29. The summed E-state index contributed by atoms with van der Waals surface area (Å²) in [4.78, 5) is 36.4. The number of aromatic nitrogens is 2. The van der Waals surface area contributed by atoms with Crippen LogP contribution in [0.5, 0.6) is 0 Å². The number of nitrogens with one attached hydrogen (secondary N) is 1. The molecular weight excluding hydrogens is 416 g/mol. The molecule has 1 atom stereocenters. The number of rotatable bonds is 6. The van der Waals surface area contributed by atoms with Crippen molar-refractivity contribution in [1.82, 2.24) is 15.1 Å². The summed E-state index contributed by atoms with van der Waals surface area (Å²) in [6.07, 6.45) is 2.30. The van der Waals surface area contributed by atoms with E-state index in [0.717, 1.165) is 12.8 Å². The van der Waals surface area contributed by atoms with Crippen molar-refractivity contribution in [2.75, 3.05) is 13.3 Å². The van der Waals surface area contributed by atoms with Crippen LogP contribution >= 0.6 is 0 Å². The Morgan fingerprint density at radius 2 is 2.19 bits per heavy atom. The minimum Gasteiger partial charge on any atom is -0.353 e. The van der Waals surface area contributed by atoms with Crippen molar-refractivity contribution in [3.05, 3.63) is 50.8 Å². The average Bonchev–Trinajstić information content (AvgIpc) is 3.34. The van der Waals surface area contributed by atoms with Crippen LogP contribution in [0.2, 0.25) is 0 Å². The van der Waals surface area contributed by atoms with Crippen LogP contribution in [0.1, 0.15) is 65.2 Å². The number of nitro groups is 1. The van der Waals surface area contributed by atoms with Crippen LogP contribution in [0.15, 0.2) is 18.2 Å². The van der Waals surface area contributed by atoms with Crippen molar-refractivity contribution < 1.29 is 24.0 Å². The van der Waals surface area contributed by atoms with Crippen molar-refractivity contribution in [3.8, 4) is 5.69 Å². The number of Topliss-reactive ketones (excluding diaryl/α,β-unsaturated/α-hetero) is 1. The van der Waals surface area contributed by atoms with E-state index in [1.807, 2.05) is 13.8 Å². The summed E-state index contributed by atoms with van der Waals surface area (Å²) in [6.45, 7) is 6.28. The molecule has 2 aliphatic rings. The minimum atomic E-state index is -0.547. The number of hydrogen-bond acceptors (Lipinski definition) is 7. The van der Waals surface area contributed by atoms with Gasteiger partial charge in [-0.15, -0.1) is 0 Å². The average molecular weight is 442 g/mol. The first-order chi connectivity index (χ1) is 15.2. The molecule has 0 spiro atoms. The monoisotopic (exact) mass is 442 g/mol. The van der Waals surface area contributed by atoms with Gasteiger partial charge in [0, 0.05) is 31.1 Å². The molecule has 4 rings (SSSR count). The van der Waals surface area contributed by atoms with Gasteiger partial charge >= 0.3 is 0 Å². The number of carbonyl (C=O) groups is 2. The smallest absolute Gasteiger partial charge is 0.295 e. The van der Waals surface area contributed by atoms with Crippen LogP contribution < -0.4 is 5.32 Å². The molecule has 2 aromatic rings. The summed E-state index contributed by atoms with van der Waals surface area (Å²) in [5, 5.41) is 18.9. The van der Waals surface area contributed by atoms with E-state index in [1.54, 1.807) is 6.92 Å². The molecule has 1 amide bonds. The topological polar surface area (TPSA) is 126 Å². The van der Waals surface area contributed by atoms with Crippen LogP contribution in [0.4, 0.5) is 5.69 Å². The van der Waals surface area contributed by atoms with Crippen LogP contribution in [-0.4, -0.2) is 46.0 Å². The normalized spacial score (nSPS) is 19.6. The Morgan fingerprint density at radius 1 is 1.41 bits per heavy atom. The van der Waals surface area contributed by atoms with Crippen molar-refractivity contribution >= 4 is 17.4 Å². The van der Waals surface area contributed by atoms with Gasteiger partial charge in [-0.2, -0.15) is 5.10 Å². The van der Waals surface area contributed by atoms with E-state index < -0.39 is 10.8 Å². The molecule has 1 aromatic heterocycles. The molecule has 2 heterocycles. The van der Waals surface area contributed by atoms with Gasteiger partial charge in [0.2, 0.25) is 0 Å². The standard InChI is InChI=1S/C22H26N4O6/c1-13-20-17(10-22(2,3)11-18(20)27)25(24-13)15-7-6-14(9-16(15)26(29)30)21(28)23-12-32-19-5-4-8-31-19/h6-7,9,19H,4-5,8,10-12H2,1-3H3,(H,23,28). The second-order valence-corrected chi connectivity index (χ2v) is 8.98. The maximum Gasteiger partial charge on any atom is 0.295 e. The Bertz CT molecular complexity index is 1080. The first kappa shape index (κ1) is 22.1. The number of nitro benzene ring substituents is 1. The molecule has 32 heavy (non-hydrogen) atoms. The molecule has 1 unspecified atom stereocenters. The zero-order valence-electron chi connectivity index (χ0n) is 18.3. The maximum atomic E-state index is 12.7. The zero-order valence-corrected chi connectivity index (χ0v) is 18.3. The van der Waals surface area contributed by atoms with Crippen LogP contribution in [0.3, 0.4) is 0 Å². The van der Waals surface area contributed by atoms with Crippen LogP contribution in [0.25, 0.3) is 5.69 Å². The molecule has 1 saturated heterocycles. The fourth-order valence-corrected chi connectivity index (χ4v) is 4.31. The molecule has 1 N–H and O–H groups in total.